The van der Waals surface area contributed by atoms with E-state index in [1.165, 1.54) is 10.4 Å². The van der Waals surface area contributed by atoms with Crippen molar-refractivity contribution in [2.24, 2.45) is 0 Å². The van der Waals surface area contributed by atoms with E-state index in [1.54, 1.807) is 11.3 Å². The largest absolute Gasteiger partial charge is 0.487 e. The van der Waals surface area contributed by atoms with Crippen molar-refractivity contribution in [2.75, 3.05) is 5.73 Å². The molecule has 1 aromatic heterocycles. The molecule has 0 spiro atoms. The lowest BCUT2D eigenvalue weighted by Gasteiger charge is -2.10. The Labute approximate surface area is 140 Å². The summed E-state index contributed by atoms with van der Waals surface area (Å²) in [7, 11) is 0. The van der Waals surface area contributed by atoms with Gasteiger partial charge in [-0.05, 0) is 44.5 Å². The number of hydrogen-bond acceptors (Lipinski definition) is 4. The molecule has 0 aliphatic rings. The number of nitrogens with zero attached hydrogens (tertiary/aromatic N) is 1. The number of ether oxygens (including phenoxy) is 1. The van der Waals surface area contributed by atoms with Gasteiger partial charge < -0.3 is 10.5 Å². The second-order valence-corrected chi connectivity index (χ2v) is 6.89. The molecule has 0 unspecified atom stereocenters. The van der Waals surface area contributed by atoms with E-state index in [9.17, 15) is 0 Å². The van der Waals surface area contributed by atoms with Gasteiger partial charge in [0.15, 0.2) is 0 Å². The average molecular weight is 324 g/mol. The summed E-state index contributed by atoms with van der Waals surface area (Å²) in [5.74, 6) is 0.709. The first-order valence-corrected chi connectivity index (χ1v) is 8.37. The number of rotatable bonds is 4. The van der Waals surface area contributed by atoms with Gasteiger partial charge in [0.05, 0.1) is 11.4 Å². The van der Waals surface area contributed by atoms with Gasteiger partial charge in [0.1, 0.15) is 17.4 Å². The van der Waals surface area contributed by atoms with E-state index in [4.69, 9.17) is 10.5 Å². The number of aryl methyl sites for hydroxylation is 3. The Balaban J connectivity index is 1.77. The molecule has 2 aromatic carbocycles. The summed E-state index contributed by atoms with van der Waals surface area (Å²) in [6.07, 6.45) is 0. The zero-order valence-electron chi connectivity index (χ0n) is 13.6. The van der Waals surface area contributed by atoms with Gasteiger partial charge in [-0.2, -0.15) is 0 Å². The number of aromatic nitrogens is 1. The number of anilines is 1. The summed E-state index contributed by atoms with van der Waals surface area (Å²) in [6.45, 7) is 6.70. The highest BCUT2D eigenvalue weighted by Gasteiger charge is 2.09. The van der Waals surface area contributed by atoms with Gasteiger partial charge >= 0.3 is 0 Å². The molecule has 0 aliphatic heterocycles. The molecule has 0 saturated carbocycles. The molecule has 4 heteroatoms. The van der Waals surface area contributed by atoms with E-state index in [1.807, 2.05) is 31.2 Å². The van der Waals surface area contributed by atoms with E-state index in [2.05, 4.69) is 37.0 Å². The fourth-order valence-electron chi connectivity index (χ4n) is 2.37. The van der Waals surface area contributed by atoms with Crippen molar-refractivity contribution in [2.45, 2.75) is 27.4 Å². The molecule has 1 heterocycles. The molecule has 0 saturated heterocycles. The number of thiazole rings is 1. The predicted octanol–water partition coefficient (Wildman–Crippen LogP) is 4.90. The van der Waals surface area contributed by atoms with Crippen LogP contribution in [-0.2, 0) is 6.61 Å². The number of nitrogens with two attached hydrogens (primary N) is 1. The summed E-state index contributed by atoms with van der Waals surface area (Å²) >= 11 is 1.69. The molecule has 3 nitrogen and oxygen atoms in total. The SMILES string of the molecule is Cc1cccc(COc2ccc(-c3nc(C)c(C)s3)cc2N)c1. The number of hydrogen-bond donors (Lipinski definition) is 1. The minimum Gasteiger partial charge on any atom is -0.487 e. The fourth-order valence-corrected chi connectivity index (χ4v) is 3.28. The van der Waals surface area contributed by atoms with Crippen LogP contribution in [-0.4, -0.2) is 4.98 Å². The standard InChI is InChI=1S/C19H20N2OS/c1-12-5-4-6-15(9-12)11-22-18-8-7-16(10-17(18)20)19-21-13(2)14(3)23-19/h4-10H,11,20H2,1-3H3. The van der Waals surface area contributed by atoms with Gasteiger partial charge in [0.2, 0.25) is 0 Å². The van der Waals surface area contributed by atoms with Gasteiger partial charge in [-0.25, -0.2) is 4.98 Å². The molecule has 2 N–H and O–H groups in total. The van der Waals surface area contributed by atoms with Crippen molar-refractivity contribution < 1.29 is 4.74 Å². The highest BCUT2D eigenvalue weighted by Crippen LogP contribution is 2.32. The Morgan fingerprint density at radius 1 is 1.09 bits per heavy atom. The van der Waals surface area contributed by atoms with Crippen LogP contribution < -0.4 is 10.5 Å². The summed E-state index contributed by atoms with van der Waals surface area (Å²) in [5, 5.41) is 0.997. The molecule has 0 fully saturated rings. The summed E-state index contributed by atoms with van der Waals surface area (Å²) in [4.78, 5) is 5.81. The minimum absolute atomic E-state index is 0.515. The molecule has 23 heavy (non-hydrogen) atoms. The van der Waals surface area contributed by atoms with E-state index >= 15 is 0 Å². The van der Waals surface area contributed by atoms with E-state index < -0.39 is 0 Å². The van der Waals surface area contributed by atoms with E-state index in [0.717, 1.165) is 21.8 Å². The maximum atomic E-state index is 6.15. The summed E-state index contributed by atoms with van der Waals surface area (Å²) in [6, 6.07) is 14.2. The molecule has 0 amide bonds. The molecule has 0 atom stereocenters. The highest BCUT2D eigenvalue weighted by molar-refractivity contribution is 7.15. The molecule has 3 aromatic rings. The Morgan fingerprint density at radius 3 is 2.57 bits per heavy atom. The molecule has 0 radical (unpaired) electrons. The molecule has 118 valence electrons. The number of nitrogen functional groups attached to an aromatic ring is 1. The molecule has 0 bridgehead atoms. The first-order valence-electron chi connectivity index (χ1n) is 7.55. The van der Waals surface area contributed by atoms with E-state index in [0.29, 0.717) is 18.0 Å². The summed E-state index contributed by atoms with van der Waals surface area (Å²) in [5.41, 5.74) is 11.3. The Bertz CT molecular complexity index is 820. The maximum absolute atomic E-state index is 6.15. The van der Waals surface area contributed by atoms with E-state index in [-0.39, 0.29) is 0 Å². The monoisotopic (exact) mass is 324 g/mol. The molecule has 3 rings (SSSR count). The third-order valence-corrected chi connectivity index (χ3v) is 4.88. The third kappa shape index (κ3) is 3.54. The lowest BCUT2D eigenvalue weighted by atomic mass is 10.1. The van der Waals surface area contributed by atoms with Crippen LogP contribution in [0.5, 0.6) is 5.75 Å². The number of benzene rings is 2. The predicted molar refractivity (Wildman–Crippen MR) is 96.9 cm³/mol. The van der Waals surface area contributed by atoms with Crippen molar-refractivity contribution in [1.82, 2.24) is 4.98 Å². The van der Waals surface area contributed by atoms with Gasteiger partial charge in [-0.3, -0.25) is 0 Å². The van der Waals surface area contributed by atoms with Gasteiger partial charge in [0, 0.05) is 10.4 Å². The molecule has 0 aliphatic carbocycles. The highest BCUT2D eigenvalue weighted by atomic mass is 32.1. The van der Waals surface area contributed by atoms with Crippen LogP contribution in [0.15, 0.2) is 42.5 Å². The van der Waals surface area contributed by atoms with Crippen molar-refractivity contribution in [3.63, 3.8) is 0 Å². The third-order valence-electron chi connectivity index (χ3n) is 3.76. The zero-order valence-corrected chi connectivity index (χ0v) is 14.4. The Morgan fingerprint density at radius 2 is 1.91 bits per heavy atom. The van der Waals surface area contributed by atoms with Crippen LogP contribution in [0.25, 0.3) is 10.6 Å². The van der Waals surface area contributed by atoms with Gasteiger partial charge in [0.25, 0.3) is 0 Å². The van der Waals surface area contributed by atoms with Crippen LogP contribution in [0, 0.1) is 20.8 Å². The smallest absolute Gasteiger partial charge is 0.142 e. The molecular formula is C19H20N2OS. The fraction of sp³-hybridized carbons (Fsp3) is 0.211. The van der Waals surface area contributed by atoms with Crippen LogP contribution in [0.4, 0.5) is 5.69 Å². The first-order chi connectivity index (χ1) is 11.0. The Kier molecular flexibility index (Phi) is 4.35. The molecular weight excluding hydrogens is 304 g/mol. The topological polar surface area (TPSA) is 48.1 Å². The average Bonchev–Trinajstić information content (AvgIpc) is 2.85. The van der Waals surface area contributed by atoms with Crippen molar-refractivity contribution in [3.8, 4) is 16.3 Å². The second kappa shape index (κ2) is 6.42. The van der Waals surface area contributed by atoms with Crippen molar-refractivity contribution in [3.05, 3.63) is 64.2 Å². The zero-order chi connectivity index (χ0) is 16.4. The lowest BCUT2D eigenvalue weighted by molar-refractivity contribution is 0.308. The second-order valence-electron chi connectivity index (χ2n) is 5.69. The maximum Gasteiger partial charge on any atom is 0.142 e. The lowest BCUT2D eigenvalue weighted by Crippen LogP contribution is -1.99. The first kappa shape index (κ1) is 15.6. The quantitative estimate of drug-likeness (QED) is 0.695. The van der Waals surface area contributed by atoms with Crippen LogP contribution in [0.3, 0.4) is 0 Å². The van der Waals surface area contributed by atoms with Gasteiger partial charge in [-0.15, -0.1) is 11.3 Å². The van der Waals surface area contributed by atoms with Gasteiger partial charge in [-0.1, -0.05) is 29.8 Å². The normalized spacial score (nSPS) is 10.7. The van der Waals surface area contributed by atoms with Crippen molar-refractivity contribution >= 4 is 17.0 Å². The van der Waals surface area contributed by atoms with Crippen LogP contribution in [0.1, 0.15) is 21.7 Å². The van der Waals surface area contributed by atoms with Crippen LogP contribution in [0.2, 0.25) is 0 Å². The Hall–Kier alpha value is -2.33. The van der Waals surface area contributed by atoms with Crippen LogP contribution >= 0.6 is 11.3 Å². The minimum atomic E-state index is 0.515. The van der Waals surface area contributed by atoms with Crippen molar-refractivity contribution in [1.29, 1.82) is 0 Å². The summed E-state index contributed by atoms with van der Waals surface area (Å²) < 4.78 is 5.86.